The van der Waals surface area contributed by atoms with Crippen LogP contribution in [0.3, 0.4) is 0 Å². The number of anilines is 1. The van der Waals surface area contributed by atoms with Gasteiger partial charge in [0.25, 0.3) is 0 Å². The van der Waals surface area contributed by atoms with Crippen LogP contribution >= 0.6 is 11.8 Å². The molecule has 1 unspecified atom stereocenters. The van der Waals surface area contributed by atoms with E-state index in [-0.39, 0.29) is 29.2 Å². The van der Waals surface area contributed by atoms with Crippen molar-refractivity contribution in [3.05, 3.63) is 41.1 Å². The molecule has 1 fully saturated rings. The standard InChI is InChI=1S/C18H23N3O3S2/c1-12-4-5-16(13(2)8-12)25-10-18(22)19-17-9-14(3)20-21(17)15-6-7-26(23,24)11-15/h4-5,8-9,15H,6-7,10-11H2,1-3H3,(H,19,22). The van der Waals surface area contributed by atoms with Gasteiger partial charge in [0.1, 0.15) is 5.82 Å². The largest absolute Gasteiger partial charge is 0.310 e. The van der Waals surface area contributed by atoms with Gasteiger partial charge in [-0.3, -0.25) is 4.79 Å². The van der Waals surface area contributed by atoms with Gasteiger partial charge in [0.2, 0.25) is 5.91 Å². The van der Waals surface area contributed by atoms with Crippen molar-refractivity contribution in [3.63, 3.8) is 0 Å². The van der Waals surface area contributed by atoms with Crippen LogP contribution in [0.25, 0.3) is 0 Å². The Labute approximate surface area is 158 Å². The SMILES string of the molecule is Cc1ccc(SCC(=O)Nc2cc(C)nn2C2CCS(=O)(=O)C2)c(C)c1. The maximum absolute atomic E-state index is 12.4. The van der Waals surface area contributed by atoms with Crippen molar-refractivity contribution in [1.29, 1.82) is 0 Å². The van der Waals surface area contributed by atoms with Crippen molar-refractivity contribution in [2.24, 2.45) is 0 Å². The fourth-order valence-corrected chi connectivity index (χ4v) is 5.64. The number of carbonyl (C=O) groups excluding carboxylic acids is 1. The molecule has 8 heteroatoms. The number of rotatable bonds is 5. The quantitative estimate of drug-likeness (QED) is 0.790. The minimum Gasteiger partial charge on any atom is -0.310 e. The highest BCUT2D eigenvalue weighted by Gasteiger charge is 2.31. The van der Waals surface area contributed by atoms with Crippen LogP contribution in [0.15, 0.2) is 29.2 Å². The Morgan fingerprint density at radius 3 is 2.73 bits per heavy atom. The number of hydrogen-bond donors (Lipinski definition) is 1. The van der Waals surface area contributed by atoms with Crippen LogP contribution in [0.2, 0.25) is 0 Å². The molecule has 3 rings (SSSR count). The molecule has 0 saturated carbocycles. The molecule has 6 nitrogen and oxygen atoms in total. The minimum atomic E-state index is -3.01. The van der Waals surface area contributed by atoms with Crippen LogP contribution in [0.4, 0.5) is 5.82 Å². The maximum atomic E-state index is 12.4. The second kappa shape index (κ2) is 7.44. The second-order valence-corrected chi connectivity index (χ2v) is 10.0. The molecular weight excluding hydrogens is 370 g/mol. The summed E-state index contributed by atoms with van der Waals surface area (Å²) in [7, 11) is -3.01. The Bertz CT molecular complexity index is 935. The van der Waals surface area contributed by atoms with E-state index in [2.05, 4.69) is 16.5 Å². The summed E-state index contributed by atoms with van der Waals surface area (Å²) in [5, 5.41) is 7.27. The fourth-order valence-electron chi connectivity index (χ4n) is 3.14. The van der Waals surface area contributed by atoms with E-state index in [0.29, 0.717) is 12.2 Å². The van der Waals surface area contributed by atoms with Gasteiger partial charge in [-0.1, -0.05) is 17.7 Å². The molecule has 0 radical (unpaired) electrons. The maximum Gasteiger partial charge on any atom is 0.235 e. The molecule has 0 spiro atoms. The van der Waals surface area contributed by atoms with E-state index in [4.69, 9.17) is 0 Å². The molecule has 1 aliphatic heterocycles. The summed E-state index contributed by atoms with van der Waals surface area (Å²) in [5.41, 5.74) is 3.11. The monoisotopic (exact) mass is 393 g/mol. The first kappa shape index (κ1) is 19.0. The predicted molar refractivity (Wildman–Crippen MR) is 105 cm³/mol. The van der Waals surface area contributed by atoms with Crippen molar-refractivity contribution in [2.45, 2.75) is 38.1 Å². The fraction of sp³-hybridized carbons (Fsp3) is 0.444. The Balaban J connectivity index is 1.66. The summed E-state index contributed by atoms with van der Waals surface area (Å²) in [6.07, 6.45) is 0.531. The molecule has 1 atom stereocenters. The number of nitrogens with one attached hydrogen (secondary N) is 1. The lowest BCUT2D eigenvalue weighted by Crippen LogP contribution is -2.20. The molecule has 2 heterocycles. The van der Waals surface area contributed by atoms with Gasteiger partial charge in [0.05, 0.1) is 29.0 Å². The Hall–Kier alpha value is -1.80. The number of amides is 1. The average molecular weight is 394 g/mol. The normalized spacial score (nSPS) is 18.8. The number of benzene rings is 1. The Morgan fingerprint density at radius 2 is 2.08 bits per heavy atom. The van der Waals surface area contributed by atoms with Crippen LogP contribution in [0.5, 0.6) is 0 Å². The average Bonchev–Trinajstić information content (AvgIpc) is 3.08. The molecule has 140 valence electrons. The van der Waals surface area contributed by atoms with Gasteiger partial charge < -0.3 is 5.32 Å². The molecular formula is C18H23N3O3S2. The summed E-state index contributed by atoms with van der Waals surface area (Å²) in [6.45, 7) is 5.91. The van der Waals surface area contributed by atoms with E-state index in [1.165, 1.54) is 17.3 Å². The van der Waals surface area contributed by atoms with Gasteiger partial charge in [-0.2, -0.15) is 5.10 Å². The van der Waals surface area contributed by atoms with Gasteiger partial charge in [0, 0.05) is 11.0 Å². The van der Waals surface area contributed by atoms with Gasteiger partial charge >= 0.3 is 0 Å². The molecule has 1 aromatic heterocycles. The van der Waals surface area contributed by atoms with Crippen LogP contribution in [-0.4, -0.2) is 41.4 Å². The molecule has 1 aromatic carbocycles. The lowest BCUT2D eigenvalue weighted by atomic mass is 10.2. The number of hydrogen-bond acceptors (Lipinski definition) is 5. The van der Waals surface area contributed by atoms with E-state index in [1.807, 2.05) is 32.9 Å². The van der Waals surface area contributed by atoms with Gasteiger partial charge in [-0.05, 0) is 38.8 Å². The van der Waals surface area contributed by atoms with E-state index >= 15 is 0 Å². The number of sulfone groups is 1. The molecule has 0 bridgehead atoms. The lowest BCUT2D eigenvalue weighted by molar-refractivity contribution is -0.113. The van der Waals surface area contributed by atoms with Crippen molar-refractivity contribution >= 4 is 33.3 Å². The van der Waals surface area contributed by atoms with E-state index in [0.717, 1.165) is 16.2 Å². The molecule has 2 aromatic rings. The zero-order chi connectivity index (χ0) is 18.9. The van der Waals surface area contributed by atoms with Gasteiger partial charge in [-0.25, -0.2) is 13.1 Å². The molecule has 1 N–H and O–H groups in total. The van der Waals surface area contributed by atoms with Crippen molar-refractivity contribution in [3.8, 4) is 0 Å². The smallest absolute Gasteiger partial charge is 0.235 e. The van der Waals surface area contributed by atoms with Crippen molar-refractivity contribution in [1.82, 2.24) is 9.78 Å². The molecule has 1 saturated heterocycles. The van der Waals surface area contributed by atoms with Crippen LogP contribution in [0.1, 0.15) is 29.3 Å². The van der Waals surface area contributed by atoms with E-state index in [9.17, 15) is 13.2 Å². The zero-order valence-electron chi connectivity index (χ0n) is 15.2. The van der Waals surface area contributed by atoms with E-state index < -0.39 is 9.84 Å². The molecule has 0 aliphatic carbocycles. The number of nitrogens with zero attached hydrogens (tertiary/aromatic N) is 2. The summed E-state index contributed by atoms with van der Waals surface area (Å²) >= 11 is 1.49. The van der Waals surface area contributed by atoms with Crippen LogP contribution in [0, 0.1) is 20.8 Å². The highest BCUT2D eigenvalue weighted by atomic mass is 32.2. The third kappa shape index (κ3) is 4.48. The topological polar surface area (TPSA) is 81.1 Å². The van der Waals surface area contributed by atoms with Crippen molar-refractivity contribution in [2.75, 3.05) is 22.6 Å². The first-order valence-electron chi connectivity index (χ1n) is 8.50. The highest BCUT2D eigenvalue weighted by Crippen LogP contribution is 2.28. The highest BCUT2D eigenvalue weighted by molar-refractivity contribution is 8.00. The Morgan fingerprint density at radius 1 is 1.31 bits per heavy atom. The molecule has 1 aliphatic rings. The molecule has 1 amide bonds. The predicted octanol–water partition coefficient (Wildman–Crippen LogP) is 2.90. The van der Waals surface area contributed by atoms with Gasteiger partial charge in [-0.15, -0.1) is 11.8 Å². The second-order valence-electron chi connectivity index (χ2n) is 6.78. The first-order chi connectivity index (χ1) is 12.2. The number of aromatic nitrogens is 2. The lowest BCUT2D eigenvalue weighted by Gasteiger charge is -2.14. The summed E-state index contributed by atoms with van der Waals surface area (Å²) in [4.78, 5) is 13.5. The third-order valence-electron chi connectivity index (χ3n) is 4.37. The minimum absolute atomic E-state index is 0.0777. The van der Waals surface area contributed by atoms with Crippen LogP contribution < -0.4 is 5.32 Å². The summed E-state index contributed by atoms with van der Waals surface area (Å²) < 4.78 is 25.1. The van der Waals surface area contributed by atoms with E-state index in [1.54, 1.807) is 10.7 Å². The van der Waals surface area contributed by atoms with Crippen LogP contribution in [-0.2, 0) is 14.6 Å². The first-order valence-corrected chi connectivity index (χ1v) is 11.3. The van der Waals surface area contributed by atoms with Gasteiger partial charge in [0.15, 0.2) is 9.84 Å². The molecule has 26 heavy (non-hydrogen) atoms. The Kier molecular flexibility index (Phi) is 5.43. The summed E-state index contributed by atoms with van der Waals surface area (Å²) in [5.74, 6) is 0.977. The third-order valence-corrected chi connectivity index (χ3v) is 7.29. The number of thioether (sulfide) groups is 1. The van der Waals surface area contributed by atoms with Crippen molar-refractivity contribution < 1.29 is 13.2 Å². The number of aryl methyl sites for hydroxylation is 3. The summed E-state index contributed by atoms with van der Waals surface area (Å²) in [6, 6.07) is 7.73. The zero-order valence-corrected chi connectivity index (χ0v) is 16.8. The number of carbonyl (C=O) groups is 1.